The Morgan fingerprint density at radius 3 is 2.60 bits per heavy atom. The van der Waals surface area contributed by atoms with E-state index in [1.807, 2.05) is 48.5 Å². The number of para-hydroxylation sites is 1. The molecule has 2 aromatic carbocycles. The van der Waals surface area contributed by atoms with Crippen molar-refractivity contribution in [3.8, 4) is 0 Å². The van der Waals surface area contributed by atoms with Crippen LogP contribution in [-0.2, 0) is 6.54 Å². The van der Waals surface area contributed by atoms with Crippen molar-refractivity contribution in [2.45, 2.75) is 6.54 Å². The van der Waals surface area contributed by atoms with Crippen molar-refractivity contribution in [2.75, 3.05) is 11.1 Å². The zero-order valence-electron chi connectivity index (χ0n) is 10.8. The van der Waals surface area contributed by atoms with E-state index in [1.165, 1.54) is 0 Å². The van der Waals surface area contributed by atoms with E-state index in [4.69, 9.17) is 17.3 Å². The normalized spacial score (nSPS) is 10.7. The second-order valence-electron chi connectivity index (χ2n) is 4.59. The Hall–Kier alpha value is -2.26. The predicted molar refractivity (Wildman–Crippen MR) is 84.9 cm³/mol. The third-order valence-corrected chi connectivity index (χ3v) is 3.44. The molecular weight excluding hydrogens is 270 g/mol. The number of hydrogen-bond acceptors (Lipinski definition) is 3. The van der Waals surface area contributed by atoms with Gasteiger partial charge in [-0.3, -0.25) is 4.98 Å². The lowest BCUT2D eigenvalue weighted by atomic mass is 10.1. The van der Waals surface area contributed by atoms with E-state index in [0.717, 1.165) is 27.2 Å². The monoisotopic (exact) mass is 283 g/mol. The van der Waals surface area contributed by atoms with Crippen molar-refractivity contribution >= 4 is 33.9 Å². The lowest BCUT2D eigenvalue weighted by molar-refractivity contribution is 1.15. The number of halogens is 1. The highest BCUT2D eigenvalue weighted by Crippen LogP contribution is 2.28. The molecule has 3 N–H and O–H groups in total. The van der Waals surface area contributed by atoms with E-state index in [1.54, 1.807) is 6.20 Å². The third-order valence-electron chi connectivity index (χ3n) is 3.19. The minimum atomic E-state index is 0.651. The molecule has 4 heteroatoms. The van der Waals surface area contributed by atoms with Crippen LogP contribution in [0, 0.1) is 0 Å². The molecule has 0 unspecified atom stereocenters. The van der Waals surface area contributed by atoms with Crippen LogP contribution < -0.4 is 11.1 Å². The molecule has 0 atom stereocenters. The van der Waals surface area contributed by atoms with E-state index < -0.39 is 0 Å². The first-order valence-electron chi connectivity index (χ1n) is 6.35. The van der Waals surface area contributed by atoms with Gasteiger partial charge >= 0.3 is 0 Å². The van der Waals surface area contributed by atoms with Crippen molar-refractivity contribution in [2.24, 2.45) is 0 Å². The largest absolute Gasteiger partial charge is 0.396 e. The van der Waals surface area contributed by atoms with Gasteiger partial charge in [-0.25, -0.2) is 0 Å². The van der Waals surface area contributed by atoms with Crippen molar-refractivity contribution in [1.82, 2.24) is 4.98 Å². The maximum Gasteiger partial charge on any atom is 0.0743 e. The van der Waals surface area contributed by atoms with Gasteiger partial charge in [-0.05, 0) is 23.8 Å². The Bertz CT molecular complexity index is 738. The smallest absolute Gasteiger partial charge is 0.0743 e. The average Bonchev–Trinajstić information content (AvgIpc) is 2.48. The van der Waals surface area contributed by atoms with E-state index in [2.05, 4.69) is 10.3 Å². The first-order chi connectivity index (χ1) is 9.74. The van der Waals surface area contributed by atoms with E-state index in [0.29, 0.717) is 12.2 Å². The van der Waals surface area contributed by atoms with Crippen LogP contribution in [-0.4, -0.2) is 4.98 Å². The van der Waals surface area contributed by atoms with Crippen molar-refractivity contribution in [3.63, 3.8) is 0 Å². The summed E-state index contributed by atoms with van der Waals surface area (Å²) < 4.78 is 0. The molecule has 0 spiro atoms. The van der Waals surface area contributed by atoms with Gasteiger partial charge in [0.25, 0.3) is 0 Å². The molecule has 0 aliphatic heterocycles. The van der Waals surface area contributed by atoms with Crippen LogP contribution in [0.5, 0.6) is 0 Å². The molecule has 0 aliphatic rings. The van der Waals surface area contributed by atoms with Crippen LogP contribution >= 0.6 is 11.6 Å². The third kappa shape index (κ3) is 2.53. The van der Waals surface area contributed by atoms with Crippen LogP contribution in [0.1, 0.15) is 5.56 Å². The number of hydrogen-bond donors (Lipinski definition) is 2. The molecule has 0 fully saturated rings. The second-order valence-corrected chi connectivity index (χ2v) is 5.02. The molecule has 0 saturated carbocycles. The molecule has 0 aliphatic carbocycles. The molecule has 1 aromatic heterocycles. The number of rotatable bonds is 3. The van der Waals surface area contributed by atoms with Gasteiger partial charge in [0.15, 0.2) is 0 Å². The summed E-state index contributed by atoms with van der Waals surface area (Å²) in [6.07, 6.45) is 1.69. The highest BCUT2D eigenvalue weighted by molar-refractivity contribution is 6.30. The van der Waals surface area contributed by atoms with Gasteiger partial charge in [0, 0.05) is 17.0 Å². The molecule has 20 heavy (non-hydrogen) atoms. The molecule has 3 rings (SSSR count). The van der Waals surface area contributed by atoms with Gasteiger partial charge in [0.2, 0.25) is 0 Å². The summed E-state index contributed by atoms with van der Waals surface area (Å²) in [6, 6.07) is 15.7. The van der Waals surface area contributed by atoms with Crippen LogP contribution in [0.2, 0.25) is 5.02 Å². The van der Waals surface area contributed by atoms with Gasteiger partial charge in [0.1, 0.15) is 0 Å². The Labute approximate surface area is 122 Å². The first kappa shape index (κ1) is 12.8. The molecule has 0 radical (unpaired) electrons. The second kappa shape index (κ2) is 5.39. The number of pyridine rings is 1. The summed E-state index contributed by atoms with van der Waals surface area (Å²) >= 11 is 5.88. The van der Waals surface area contributed by atoms with Gasteiger partial charge in [-0.15, -0.1) is 0 Å². The number of benzene rings is 2. The predicted octanol–water partition coefficient (Wildman–Crippen LogP) is 4.08. The summed E-state index contributed by atoms with van der Waals surface area (Å²) in [5, 5.41) is 5.15. The van der Waals surface area contributed by atoms with Crippen LogP contribution in [0.4, 0.5) is 11.4 Å². The Morgan fingerprint density at radius 1 is 1.05 bits per heavy atom. The highest BCUT2D eigenvalue weighted by Gasteiger charge is 2.05. The topological polar surface area (TPSA) is 50.9 Å². The first-order valence-corrected chi connectivity index (χ1v) is 6.73. The SMILES string of the molecule is Nc1cnc2ccccc2c1NCc1ccc(Cl)cc1. The fourth-order valence-corrected chi connectivity index (χ4v) is 2.27. The lowest BCUT2D eigenvalue weighted by Crippen LogP contribution is -2.03. The number of fused-ring (bicyclic) bond motifs is 1. The van der Waals surface area contributed by atoms with E-state index >= 15 is 0 Å². The van der Waals surface area contributed by atoms with Gasteiger partial charge in [-0.2, -0.15) is 0 Å². The number of nitrogen functional groups attached to an aromatic ring is 1. The molecule has 3 aromatic rings. The zero-order chi connectivity index (χ0) is 13.9. The lowest BCUT2D eigenvalue weighted by Gasteiger charge is -2.12. The Morgan fingerprint density at radius 2 is 1.80 bits per heavy atom. The number of nitrogens with two attached hydrogens (primary N) is 1. The highest BCUT2D eigenvalue weighted by atomic mass is 35.5. The quantitative estimate of drug-likeness (QED) is 0.761. The van der Waals surface area contributed by atoms with Crippen molar-refractivity contribution in [3.05, 3.63) is 65.3 Å². The number of anilines is 2. The average molecular weight is 284 g/mol. The minimum Gasteiger partial charge on any atom is -0.396 e. The zero-order valence-corrected chi connectivity index (χ0v) is 11.6. The summed E-state index contributed by atoms with van der Waals surface area (Å²) in [6.45, 7) is 0.690. The number of nitrogens with one attached hydrogen (secondary N) is 1. The Kier molecular flexibility index (Phi) is 3.44. The van der Waals surface area contributed by atoms with Crippen LogP contribution in [0.25, 0.3) is 10.9 Å². The molecule has 100 valence electrons. The summed E-state index contributed by atoms with van der Waals surface area (Å²) in [4.78, 5) is 4.33. The Balaban J connectivity index is 1.90. The molecule has 1 heterocycles. The maximum atomic E-state index is 6.03. The maximum absolute atomic E-state index is 6.03. The molecule has 3 nitrogen and oxygen atoms in total. The molecule has 0 bridgehead atoms. The summed E-state index contributed by atoms with van der Waals surface area (Å²) in [5.41, 5.74) is 9.68. The standard InChI is InChI=1S/C16H14ClN3/c17-12-7-5-11(6-8-12)9-20-16-13-3-1-2-4-15(13)19-10-14(16)18/h1-8,10H,9,18H2,(H,19,20). The van der Waals surface area contributed by atoms with E-state index in [9.17, 15) is 0 Å². The molecule has 0 saturated heterocycles. The van der Waals surface area contributed by atoms with E-state index in [-0.39, 0.29) is 0 Å². The summed E-state index contributed by atoms with van der Waals surface area (Å²) in [5.74, 6) is 0. The van der Waals surface area contributed by atoms with Crippen molar-refractivity contribution < 1.29 is 0 Å². The fourth-order valence-electron chi connectivity index (χ4n) is 2.15. The van der Waals surface area contributed by atoms with Gasteiger partial charge < -0.3 is 11.1 Å². The van der Waals surface area contributed by atoms with Gasteiger partial charge in [-0.1, -0.05) is 41.9 Å². The minimum absolute atomic E-state index is 0.651. The molecular formula is C16H14ClN3. The van der Waals surface area contributed by atoms with Crippen molar-refractivity contribution in [1.29, 1.82) is 0 Å². The number of nitrogens with zero attached hydrogens (tertiary/aromatic N) is 1. The molecule has 0 amide bonds. The number of aromatic nitrogens is 1. The van der Waals surface area contributed by atoms with Gasteiger partial charge in [0.05, 0.1) is 23.1 Å². The van der Waals surface area contributed by atoms with Crippen LogP contribution in [0.15, 0.2) is 54.7 Å². The summed E-state index contributed by atoms with van der Waals surface area (Å²) in [7, 11) is 0. The fraction of sp³-hybridized carbons (Fsp3) is 0.0625. The van der Waals surface area contributed by atoms with Crippen LogP contribution in [0.3, 0.4) is 0 Å².